The first-order valence-electron chi connectivity index (χ1n) is 10.7. The van der Waals surface area contributed by atoms with Crippen LogP contribution in [0.25, 0.3) is 10.9 Å². The number of piperazine rings is 1. The predicted octanol–water partition coefficient (Wildman–Crippen LogP) is 5.64. The monoisotopic (exact) mass is 487 g/mol. The standard InChI is InChI=1S/C25H24Cl2FN3O2/c1-15-4-9-20-21(26)10-22(27)25(24(20)29-15)33-14-30-11-16(2)31(23(13-32)17(30)3)12-18-5-7-19(28)8-6-18/h4-10,16-17H,11-12,14H2,1-3H3/t16-,17+/m0/s1. The fourth-order valence-electron chi connectivity index (χ4n) is 4.16. The molecule has 0 radical (unpaired) electrons. The maximum Gasteiger partial charge on any atom is 0.166 e. The van der Waals surface area contributed by atoms with Crippen LogP contribution in [0.5, 0.6) is 5.75 Å². The van der Waals surface area contributed by atoms with Crippen molar-refractivity contribution in [3.05, 3.63) is 75.3 Å². The molecule has 2 heterocycles. The second-order valence-electron chi connectivity index (χ2n) is 8.33. The second-order valence-corrected chi connectivity index (χ2v) is 9.14. The van der Waals surface area contributed by atoms with E-state index in [0.29, 0.717) is 40.1 Å². The van der Waals surface area contributed by atoms with E-state index in [0.717, 1.165) is 16.6 Å². The molecule has 1 aliphatic rings. The summed E-state index contributed by atoms with van der Waals surface area (Å²) in [5.41, 5.74) is 2.89. The average Bonchev–Trinajstić information content (AvgIpc) is 2.78. The summed E-state index contributed by atoms with van der Waals surface area (Å²) in [6.07, 6.45) is 0. The summed E-state index contributed by atoms with van der Waals surface area (Å²) in [5, 5.41) is 1.66. The smallest absolute Gasteiger partial charge is 0.166 e. The first kappa shape index (κ1) is 23.5. The Bertz CT molecular complexity index is 1230. The van der Waals surface area contributed by atoms with E-state index >= 15 is 0 Å². The summed E-state index contributed by atoms with van der Waals surface area (Å²) in [5.74, 6) is 2.29. The minimum absolute atomic E-state index is 0.0177. The van der Waals surface area contributed by atoms with Crippen molar-refractivity contribution < 1.29 is 13.9 Å². The van der Waals surface area contributed by atoms with Gasteiger partial charge in [-0.3, -0.25) is 4.90 Å². The lowest BCUT2D eigenvalue weighted by atomic mass is 10.0. The summed E-state index contributed by atoms with van der Waals surface area (Å²) in [7, 11) is 0. The lowest BCUT2D eigenvalue weighted by Gasteiger charge is -2.45. The Kier molecular flexibility index (Phi) is 6.91. The Labute approximate surface area is 202 Å². The number of pyridine rings is 1. The molecule has 2 atom stereocenters. The van der Waals surface area contributed by atoms with Gasteiger partial charge in [0.25, 0.3) is 0 Å². The second kappa shape index (κ2) is 9.70. The molecular weight excluding hydrogens is 464 g/mol. The van der Waals surface area contributed by atoms with Gasteiger partial charge in [0.2, 0.25) is 0 Å². The molecule has 0 unspecified atom stereocenters. The number of aryl methyl sites for hydroxylation is 1. The van der Waals surface area contributed by atoms with Gasteiger partial charge in [-0.1, -0.05) is 35.3 Å². The van der Waals surface area contributed by atoms with Crippen molar-refractivity contribution in [2.45, 2.75) is 39.4 Å². The lowest BCUT2D eigenvalue weighted by molar-refractivity contribution is 0.0291. The van der Waals surface area contributed by atoms with Crippen LogP contribution in [0.4, 0.5) is 4.39 Å². The number of aromatic nitrogens is 1. The van der Waals surface area contributed by atoms with Crippen LogP contribution in [0.1, 0.15) is 25.1 Å². The van der Waals surface area contributed by atoms with Gasteiger partial charge in [-0.2, -0.15) is 0 Å². The Hall–Kier alpha value is -2.63. The number of hydrogen-bond acceptors (Lipinski definition) is 5. The van der Waals surface area contributed by atoms with E-state index in [1.165, 1.54) is 12.1 Å². The zero-order valence-electron chi connectivity index (χ0n) is 18.6. The van der Waals surface area contributed by atoms with Crippen LogP contribution in [-0.4, -0.2) is 46.1 Å². The number of fused-ring (bicyclic) bond motifs is 1. The number of hydrogen-bond donors (Lipinski definition) is 0. The van der Waals surface area contributed by atoms with E-state index in [9.17, 15) is 9.18 Å². The highest BCUT2D eigenvalue weighted by Gasteiger charge is 2.34. The molecule has 1 aromatic heterocycles. The van der Waals surface area contributed by atoms with E-state index in [-0.39, 0.29) is 24.6 Å². The van der Waals surface area contributed by atoms with Gasteiger partial charge in [0.05, 0.1) is 16.1 Å². The van der Waals surface area contributed by atoms with Crippen LogP contribution < -0.4 is 4.74 Å². The number of nitrogens with zero attached hydrogens (tertiary/aromatic N) is 3. The molecule has 8 heteroatoms. The Morgan fingerprint density at radius 1 is 1.15 bits per heavy atom. The molecule has 172 valence electrons. The van der Waals surface area contributed by atoms with Crippen LogP contribution in [-0.2, 0) is 11.3 Å². The summed E-state index contributed by atoms with van der Waals surface area (Å²) in [6, 6.07) is 11.5. The van der Waals surface area contributed by atoms with Crippen LogP contribution in [0.15, 0.2) is 48.2 Å². The normalized spacial score (nSPS) is 19.1. The Morgan fingerprint density at radius 3 is 2.58 bits per heavy atom. The molecule has 3 aromatic rings. The molecule has 0 amide bonds. The van der Waals surface area contributed by atoms with E-state index in [2.05, 4.69) is 15.8 Å². The van der Waals surface area contributed by atoms with Gasteiger partial charge in [-0.05, 0) is 56.7 Å². The van der Waals surface area contributed by atoms with Gasteiger partial charge in [0, 0.05) is 30.2 Å². The highest BCUT2D eigenvalue weighted by molar-refractivity contribution is 6.39. The van der Waals surface area contributed by atoms with Crippen molar-refractivity contribution >= 4 is 40.0 Å². The van der Waals surface area contributed by atoms with Crippen molar-refractivity contribution in [1.29, 1.82) is 0 Å². The molecule has 1 aliphatic heterocycles. The van der Waals surface area contributed by atoms with Crippen LogP contribution in [0.3, 0.4) is 0 Å². The number of carbonyl (C=O) groups excluding carboxylic acids is 1. The molecule has 0 spiro atoms. The molecule has 1 saturated heterocycles. The fraction of sp³-hybridized carbons (Fsp3) is 0.320. The molecule has 4 rings (SSSR count). The van der Waals surface area contributed by atoms with Crippen LogP contribution in [0, 0.1) is 12.7 Å². The van der Waals surface area contributed by atoms with Gasteiger partial charge in [0.15, 0.2) is 5.75 Å². The Balaban J connectivity index is 1.54. The molecule has 2 aromatic carbocycles. The maximum absolute atomic E-state index is 13.3. The summed E-state index contributed by atoms with van der Waals surface area (Å²) >= 11 is 12.8. The third-order valence-corrected chi connectivity index (χ3v) is 6.60. The fourth-order valence-corrected chi connectivity index (χ4v) is 4.73. The van der Waals surface area contributed by atoms with Gasteiger partial charge in [0.1, 0.15) is 29.7 Å². The van der Waals surface area contributed by atoms with E-state index in [1.807, 2.05) is 37.8 Å². The van der Waals surface area contributed by atoms with Crippen molar-refractivity contribution in [2.75, 3.05) is 13.3 Å². The third kappa shape index (κ3) is 4.85. The molecular formula is C25H24Cl2FN3O2. The molecule has 5 nitrogen and oxygen atoms in total. The molecule has 33 heavy (non-hydrogen) atoms. The van der Waals surface area contributed by atoms with Crippen molar-refractivity contribution in [3.8, 4) is 5.75 Å². The van der Waals surface area contributed by atoms with Gasteiger partial charge >= 0.3 is 0 Å². The zero-order valence-corrected chi connectivity index (χ0v) is 20.1. The average molecular weight is 488 g/mol. The lowest BCUT2D eigenvalue weighted by Crippen LogP contribution is -2.55. The van der Waals surface area contributed by atoms with Crippen molar-refractivity contribution in [1.82, 2.24) is 14.8 Å². The molecule has 0 aliphatic carbocycles. The van der Waals surface area contributed by atoms with E-state index in [4.69, 9.17) is 27.9 Å². The molecule has 1 fully saturated rings. The largest absolute Gasteiger partial charge is 0.474 e. The van der Waals surface area contributed by atoms with Gasteiger partial charge in [-0.25, -0.2) is 14.2 Å². The topological polar surface area (TPSA) is 45.7 Å². The number of ether oxygens (including phenoxy) is 1. The quantitative estimate of drug-likeness (QED) is 0.436. The minimum atomic E-state index is -0.286. The minimum Gasteiger partial charge on any atom is -0.474 e. The maximum atomic E-state index is 13.3. The van der Waals surface area contributed by atoms with Crippen LogP contribution in [0.2, 0.25) is 10.0 Å². The van der Waals surface area contributed by atoms with Gasteiger partial charge in [-0.15, -0.1) is 0 Å². The molecule has 0 saturated carbocycles. The summed E-state index contributed by atoms with van der Waals surface area (Å²) < 4.78 is 19.4. The first-order valence-corrected chi connectivity index (χ1v) is 11.4. The predicted molar refractivity (Wildman–Crippen MR) is 129 cm³/mol. The Morgan fingerprint density at radius 2 is 1.88 bits per heavy atom. The van der Waals surface area contributed by atoms with Crippen LogP contribution >= 0.6 is 23.2 Å². The number of halogens is 3. The first-order chi connectivity index (χ1) is 15.8. The van der Waals surface area contributed by atoms with Crippen molar-refractivity contribution in [2.24, 2.45) is 0 Å². The number of benzene rings is 2. The van der Waals surface area contributed by atoms with Gasteiger partial charge < -0.3 is 9.64 Å². The highest BCUT2D eigenvalue weighted by atomic mass is 35.5. The zero-order chi connectivity index (χ0) is 23.7. The number of rotatable bonds is 5. The third-order valence-electron chi connectivity index (χ3n) is 6.01. The molecule has 0 N–H and O–H groups in total. The van der Waals surface area contributed by atoms with E-state index < -0.39 is 0 Å². The molecule has 0 bridgehead atoms. The highest BCUT2D eigenvalue weighted by Crippen LogP contribution is 2.37. The van der Waals surface area contributed by atoms with E-state index in [1.54, 1.807) is 18.2 Å². The summed E-state index contributed by atoms with van der Waals surface area (Å²) in [6.45, 7) is 7.24. The summed E-state index contributed by atoms with van der Waals surface area (Å²) in [4.78, 5) is 20.6. The SMILES string of the molecule is Cc1ccc2c(Cl)cc(Cl)c(OCN3C[C@H](C)N(Cc4ccc(F)cc4)C(=C=O)[C@H]3C)c2n1. The van der Waals surface area contributed by atoms with Crippen molar-refractivity contribution in [3.63, 3.8) is 0 Å².